The van der Waals surface area contributed by atoms with E-state index in [2.05, 4.69) is 10.6 Å². The molecule has 0 heterocycles. The predicted octanol–water partition coefficient (Wildman–Crippen LogP) is 1.80. The molecule has 2 unspecified atom stereocenters. The number of carbonyl (C=O) groups is 2. The molecular formula is C13H17FN2O4S. The van der Waals surface area contributed by atoms with Gasteiger partial charge in [0.05, 0.1) is 11.3 Å². The summed E-state index contributed by atoms with van der Waals surface area (Å²) in [6.07, 6.45) is 2.07. The normalized spacial score (nSPS) is 13.3. The molecule has 8 heteroatoms. The van der Waals surface area contributed by atoms with Crippen molar-refractivity contribution in [1.29, 1.82) is 0 Å². The van der Waals surface area contributed by atoms with Crippen LogP contribution in [0.1, 0.15) is 23.7 Å². The largest absolute Gasteiger partial charge is 0.478 e. The summed E-state index contributed by atoms with van der Waals surface area (Å²) in [5.41, 5.74) is -0.706. The first-order valence-corrected chi connectivity index (χ1v) is 7.84. The van der Waals surface area contributed by atoms with Crippen LogP contribution in [0.3, 0.4) is 0 Å². The molecule has 0 spiro atoms. The molecule has 0 fully saturated rings. The summed E-state index contributed by atoms with van der Waals surface area (Å²) in [4.78, 5) is 22.6. The van der Waals surface area contributed by atoms with E-state index in [4.69, 9.17) is 5.11 Å². The van der Waals surface area contributed by atoms with Gasteiger partial charge in [-0.15, -0.1) is 0 Å². The Morgan fingerprint density at radius 1 is 1.43 bits per heavy atom. The Morgan fingerprint density at radius 3 is 2.67 bits per heavy atom. The van der Waals surface area contributed by atoms with Crippen molar-refractivity contribution in [2.24, 2.45) is 0 Å². The van der Waals surface area contributed by atoms with E-state index < -0.39 is 28.6 Å². The third-order valence-corrected chi connectivity index (χ3v) is 4.25. The van der Waals surface area contributed by atoms with E-state index >= 15 is 0 Å². The first-order valence-electron chi connectivity index (χ1n) is 6.21. The van der Waals surface area contributed by atoms with Gasteiger partial charge in [0.2, 0.25) is 0 Å². The van der Waals surface area contributed by atoms with E-state index in [9.17, 15) is 18.2 Å². The zero-order chi connectivity index (χ0) is 16.0. The molecule has 6 nitrogen and oxygen atoms in total. The average Bonchev–Trinajstić information content (AvgIpc) is 2.40. The van der Waals surface area contributed by atoms with Gasteiger partial charge in [0, 0.05) is 28.9 Å². The van der Waals surface area contributed by atoms with Crippen LogP contribution in [-0.2, 0) is 10.8 Å². The van der Waals surface area contributed by atoms with Crippen LogP contribution in [0.5, 0.6) is 0 Å². The summed E-state index contributed by atoms with van der Waals surface area (Å²) in [7, 11) is -0.986. The summed E-state index contributed by atoms with van der Waals surface area (Å²) in [6, 6.07) is 2.80. The maximum atomic E-state index is 13.6. The summed E-state index contributed by atoms with van der Waals surface area (Å²) >= 11 is 0. The molecule has 0 radical (unpaired) electrons. The van der Waals surface area contributed by atoms with Gasteiger partial charge in [-0.3, -0.25) is 4.21 Å². The maximum absolute atomic E-state index is 13.6. The van der Waals surface area contributed by atoms with E-state index in [1.807, 2.05) is 0 Å². The topological polar surface area (TPSA) is 95.5 Å². The SMILES string of the molecule is CC(CCNC(=O)Nc1c(F)cccc1C(=O)O)S(C)=O. The molecule has 1 aromatic carbocycles. The molecule has 0 aliphatic heterocycles. The van der Waals surface area contributed by atoms with Gasteiger partial charge in [-0.2, -0.15) is 0 Å². The second kappa shape index (κ2) is 7.72. The monoisotopic (exact) mass is 316 g/mol. The average molecular weight is 316 g/mol. The van der Waals surface area contributed by atoms with Crippen molar-refractivity contribution in [2.75, 3.05) is 18.1 Å². The molecule has 0 saturated heterocycles. The number of hydrogen-bond acceptors (Lipinski definition) is 3. The number of hydrogen-bond donors (Lipinski definition) is 3. The first kappa shape index (κ1) is 17.1. The van der Waals surface area contributed by atoms with Crippen LogP contribution in [-0.4, -0.2) is 39.4 Å². The number of aromatic carboxylic acids is 1. The molecule has 0 aliphatic carbocycles. The highest BCUT2D eigenvalue weighted by Crippen LogP contribution is 2.19. The molecule has 116 valence electrons. The van der Waals surface area contributed by atoms with Crippen molar-refractivity contribution in [3.63, 3.8) is 0 Å². The zero-order valence-corrected chi connectivity index (χ0v) is 12.5. The lowest BCUT2D eigenvalue weighted by Gasteiger charge is -2.12. The van der Waals surface area contributed by atoms with Gasteiger partial charge in [0.15, 0.2) is 0 Å². The van der Waals surface area contributed by atoms with Crippen LogP contribution in [0, 0.1) is 5.82 Å². The molecule has 0 aliphatic rings. The number of benzene rings is 1. The van der Waals surface area contributed by atoms with Gasteiger partial charge < -0.3 is 15.7 Å². The van der Waals surface area contributed by atoms with Crippen LogP contribution in [0.15, 0.2) is 18.2 Å². The van der Waals surface area contributed by atoms with Gasteiger partial charge in [-0.25, -0.2) is 14.0 Å². The lowest BCUT2D eigenvalue weighted by Crippen LogP contribution is -2.32. The van der Waals surface area contributed by atoms with E-state index in [-0.39, 0.29) is 23.0 Å². The Balaban J connectivity index is 2.63. The number of carboxylic acids is 1. The van der Waals surface area contributed by atoms with Crippen molar-refractivity contribution >= 4 is 28.5 Å². The number of nitrogens with one attached hydrogen (secondary N) is 2. The highest BCUT2D eigenvalue weighted by molar-refractivity contribution is 7.84. The number of para-hydroxylation sites is 1. The second-order valence-electron chi connectivity index (χ2n) is 4.45. The third kappa shape index (κ3) is 5.14. The highest BCUT2D eigenvalue weighted by atomic mass is 32.2. The summed E-state index contributed by atoms with van der Waals surface area (Å²) < 4.78 is 24.7. The van der Waals surface area contributed by atoms with Crippen molar-refractivity contribution in [2.45, 2.75) is 18.6 Å². The van der Waals surface area contributed by atoms with Gasteiger partial charge in [-0.1, -0.05) is 13.0 Å². The van der Waals surface area contributed by atoms with E-state index in [1.54, 1.807) is 13.2 Å². The van der Waals surface area contributed by atoms with Crippen LogP contribution in [0.25, 0.3) is 0 Å². The Labute approximate surface area is 124 Å². The molecule has 1 aromatic rings. The Bertz CT molecular complexity index is 565. The van der Waals surface area contributed by atoms with Gasteiger partial charge in [-0.05, 0) is 18.6 Å². The van der Waals surface area contributed by atoms with E-state index in [1.165, 1.54) is 12.1 Å². The fraction of sp³-hybridized carbons (Fsp3) is 0.385. The Hall–Kier alpha value is -1.96. The smallest absolute Gasteiger partial charge is 0.337 e. The molecule has 0 bridgehead atoms. The van der Waals surface area contributed by atoms with Crippen LogP contribution < -0.4 is 10.6 Å². The number of rotatable bonds is 6. The van der Waals surface area contributed by atoms with Crippen LogP contribution in [0.4, 0.5) is 14.9 Å². The standard InChI is InChI=1S/C13H17FN2O4S/c1-8(21(2)20)6-7-15-13(19)16-11-9(12(17)18)4-3-5-10(11)14/h3-5,8H,6-7H2,1-2H3,(H,17,18)(H2,15,16,19). The van der Waals surface area contributed by atoms with Crippen LogP contribution in [0.2, 0.25) is 0 Å². The minimum Gasteiger partial charge on any atom is -0.478 e. The van der Waals surface area contributed by atoms with Crippen molar-refractivity contribution in [1.82, 2.24) is 5.32 Å². The predicted molar refractivity (Wildman–Crippen MR) is 78.5 cm³/mol. The number of halogens is 1. The molecule has 2 amide bonds. The molecule has 3 N–H and O–H groups in total. The molecular weight excluding hydrogens is 299 g/mol. The molecule has 0 aromatic heterocycles. The van der Waals surface area contributed by atoms with Crippen molar-refractivity contribution < 1.29 is 23.3 Å². The quantitative estimate of drug-likeness (QED) is 0.746. The Morgan fingerprint density at radius 2 is 2.10 bits per heavy atom. The highest BCUT2D eigenvalue weighted by Gasteiger charge is 2.16. The van der Waals surface area contributed by atoms with Crippen molar-refractivity contribution in [3.8, 4) is 0 Å². The number of carboxylic acid groups (broad SMARTS) is 1. The van der Waals surface area contributed by atoms with E-state index in [0.717, 1.165) is 6.07 Å². The minimum absolute atomic E-state index is 0.0756. The number of carbonyl (C=O) groups excluding carboxylic acids is 1. The summed E-state index contributed by atoms with van der Waals surface area (Å²) in [5, 5.41) is 13.5. The fourth-order valence-electron chi connectivity index (χ4n) is 1.54. The fourth-order valence-corrected chi connectivity index (χ4v) is 1.99. The molecule has 21 heavy (non-hydrogen) atoms. The molecule has 0 saturated carbocycles. The lowest BCUT2D eigenvalue weighted by molar-refractivity contribution is 0.0697. The lowest BCUT2D eigenvalue weighted by atomic mass is 10.1. The Kier molecular flexibility index (Phi) is 6.29. The van der Waals surface area contributed by atoms with Gasteiger partial charge in [0.25, 0.3) is 0 Å². The number of amides is 2. The maximum Gasteiger partial charge on any atom is 0.337 e. The van der Waals surface area contributed by atoms with Crippen LogP contribution >= 0.6 is 0 Å². The molecule has 1 rings (SSSR count). The van der Waals surface area contributed by atoms with Gasteiger partial charge >= 0.3 is 12.0 Å². The third-order valence-electron chi connectivity index (χ3n) is 2.89. The summed E-state index contributed by atoms with van der Waals surface area (Å²) in [6.45, 7) is 2.04. The number of urea groups is 1. The zero-order valence-electron chi connectivity index (χ0n) is 11.7. The van der Waals surface area contributed by atoms with Crippen molar-refractivity contribution in [3.05, 3.63) is 29.6 Å². The first-order chi connectivity index (χ1) is 9.82. The molecule has 2 atom stereocenters. The van der Waals surface area contributed by atoms with E-state index in [0.29, 0.717) is 6.42 Å². The van der Waals surface area contributed by atoms with Gasteiger partial charge in [0.1, 0.15) is 5.82 Å². The summed E-state index contributed by atoms with van der Waals surface area (Å²) in [5.74, 6) is -2.16. The minimum atomic E-state index is -1.33. The second-order valence-corrected chi connectivity index (χ2v) is 6.25. The number of anilines is 1.